The number of amides is 2. The Morgan fingerprint density at radius 3 is 2.23 bits per heavy atom. The van der Waals surface area contributed by atoms with Gasteiger partial charge < -0.3 is 24.3 Å². The number of carbonyl (C=O) groups is 2. The molecule has 0 saturated carbocycles. The van der Waals surface area contributed by atoms with Crippen molar-refractivity contribution in [2.24, 2.45) is 0 Å². The molecule has 7 nitrogen and oxygen atoms in total. The maximum absolute atomic E-state index is 12.7. The van der Waals surface area contributed by atoms with Crippen LogP contribution in [0, 0.1) is 0 Å². The molecule has 1 N–H and O–H groups in total. The average Bonchev–Trinajstić information content (AvgIpc) is 2.88. The van der Waals surface area contributed by atoms with E-state index in [1.807, 2.05) is 60.6 Å². The third-order valence-corrected chi connectivity index (χ3v) is 6.11. The van der Waals surface area contributed by atoms with E-state index in [-0.39, 0.29) is 18.0 Å². The van der Waals surface area contributed by atoms with E-state index in [1.165, 1.54) is 0 Å². The fourth-order valence-electron chi connectivity index (χ4n) is 3.63. The zero-order chi connectivity index (χ0) is 23.0. The molecule has 2 saturated heterocycles. The van der Waals surface area contributed by atoms with Gasteiger partial charge in [0, 0.05) is 24.7 Å². The lowest BCUT2D eigenvalue weighted by molar-refractivity contribution is 0.00578. The number of rotatable bonds is 3. The van der Waals surface area contributed by atoms with Gasteiger partial charge in [-0.05, 0) is 78.9 Å². The molecule has 0 radical (unpaired) electrons. The molecule has 170 valence electrons. The first kappa shape index (κ1) is 23.6. The number of hydrogen-bond donors (Lipinski definition) is 1. The van der Waals surface area contributed by atoms with Crippen molar-refractivity contribution in [1.29, 1.82) is 0 Å². The molecular formula is C23H35BN2O5. The zero-order valence-electron chi connectivity index (χ0n) is 19.8. The molecule has 2 aliphatic rings. The summed E-state index contributed by atoms with van der Waals surface area (Å²) in [5.74, 6) is -0.156. The minimum Gasteiger partial charge on any atom is -0.444 e. The molecule has 2 aliphatic heterocycles. The highest BCUT2D eigenvalue weighted by atomic mass is 16.7. The van der Waals surface area contributed by atoms with Crippen LogP contribution in [0.4, 0.5) is 4.79 Å². The van der Waals surface area contributed by atoms with Crippen molar-refractivity contribution in [1.82, 2.24) is 10.2 Å². The van der Waals surface area contributed by atoms with Crippen LogP contribution in [-0.4, -0.2) is 60.0 Å². The Labute approximate surface area is 185 Å². The smallest absolute Gasteiger partial charge is 0.444 e. The summed E-state index contributed by atoms with van der Waals surface area (Å²) in [4.78, 5) is 26.8. The first-order valence-electron chi connectivity index (χ1n) is 11.0. The molecule has 31 heavy (non-hydrogen) atoms. The van der Waals surface area contributed by atoms with Gasteiger partial charge in [-0.2, -0.15) is 0 Å². The number of hydrogen-bond acceptors (Lipinski definition) is 5. The van der Waals surface area contributed by atoms with Gasteiger partial charge in [-0.3, -0.25) is 4.79 Å². The van der Waals surface area contributed by atoms with Crippen LogP contribution >= 0.6 is 0 Å². The van der Waals surface area contributed by atoms with Crippen molar-refractivity contribution in [3.05, 3.63) is 29.8 Å². The molecule has 2 amide bonds. The molecule has 0 spiro atoms. The van der Waals surface area contributed by atoms with Crippen molar-refractivity contribution < 1.29 is 23.6 Å². The highest BCUT2D eigenvalue weighted by Gasteiger charge is 2.51. The number of benzene rings is 1. The Morgan fingerprint density at radius 1 is 1.10 bits per heavy atom. The van der Waals surface area contributed by atoms with Crippen LogP contribution in [0.2, 0.25) is 0 Å². The summed E-state index contributed by atoms with van der Waals surface area (Å²) in [6, 6.07) is 7.20. The van der Waals surface area contributed by atoms with Crippen molar-refractivity contribution in [2.45, 2.75) is 84.2 Å². The van der Waals surface area contributed by atoms with E-state index < -0.39 is 23.9 Å². The standard InChI is InChI=1S/C23H35BN2O5/c1-21(2,3)29-20(28)26-14-8-9-18(15-26)25-19(27)16-10-12-17(13-11-16)24-30-22(4,5)23(6,7)31-24/h10-13,18H,8-9,14-15H2,1-7H3,(H,25,27). The molecule has 8 heteroatoms. The first-order valence-corrected chi connectivity index (χ1v) is 11.0. The highest BCUT2D eigenvalue weighted by molar-refractivity contribution is 6.62. The molecule has 2 fully saturated rings. The highest BCUT2D eigenvalue weighted by Crippen LogP contribution is 2.36. The van der Waals surface area contributed by atoms with E-state index in [2.05, 4.69) is 5.32 Å². The molecule has 1 aromatic rings. The van der Waals surface area contributed by atoms with Crippen molar-refractivity contribution in [3.63, 3.8) is 0 Å². The third-order valence-electron chi connectivity index (χ3n) is 6.11. The molecule has 0 aromatic heterocycles. The van der Waals surface area contributed by atoms with Crippen molar-refractivity contribution in [3.8, 4) is 0 Å². The summed E-state index contributed by atoms with van der Waals surface area (Å²) >= 11 is 0. The molecule has 1 aromatic carbocycles. The fourth-order valence-corrected chi connectivity index (χ4v) is 3.63. The van der Waals surface area contributed by atoms with E-state index in [1.54, 1.807) is 17.0 Å². The predicted octanol–water partition coefficient (Wildman–Crippen LogP) is 3.12. The summed E-state index contributed by atoms with van der Waals surface area (Å²) in [5, 5.41) is 3.05. The van der Waals surface area contributed by atoms with Gasteiger partial charge in [0.2, 0.25) is 0 Å². The average molecular weight is 430 g/mol. The summed E-state index contributed by atoms with van der Waals surface area (Å²) in [5.41, 5.74) is 0.0916. The van der Waals surface area contributed by atoms with Crippen LogP contribution in [0.3, 0.4) is 0 Å². The van der Waals surface area contributed by atoms with E-state index >= 15 is 0 Å². The fraction of sp³-hybridized carbons (Fsp3) is 0.652. The topological polar surface area (TPSA) is 77.1 Å². The van der Waals surface area contributed by atoms with Gasteiger partial charge >= 0.3 is 13.2 Å². The van der Waals surface area contributed by atoms with Crippen LogP contribution in [0.15, 0.2) is 24.3 Å². The second kappa shape index (κ2) is 8.47. The summed E-state index contributed by atoms with van der Waals surface area (Å²) in [6.07, 6.45) is 1.32. The number of ether oxygens (including phenoxy) is 1. The normalized spacial score (nSPS) is 22.9. The van der Waals surface area contributed by atoms with E-state index in [9.17, 15) is 9.59 Å². The van der Waals surface area contributed by atoms with Crippen LogP contribution in [0.5, 0.6) is 0 Å². The lowest BCUT2D eigenvalue weighted by Gasteiger charge is -2.34. The van der Waals surface area contributed by atoms with Crippen molar-refractivity contribution in [2.75, 3.05) is 13.1 Å². The summed E-state index contributed by atoms with van der Waals surface area (Å²) in [7, 11) is -0.456. The van der Waals surface area contributed by atoms with Crippen molar-refractivity contribution >= 4 is 24.6 Å². The molecule has 1 atom stereocenters. The Hall–Kier alpha value is -2.06. The van der Waals surface area contributed by atoms with Gasteiger partial charge in [0.15, 0.2) is 0 Å². The largest absolute Gasteiger partial charge is 0.494 e. The van der Waals surface area contributed by atoms with Gasteiger partial charge in [0.05, 0.1) is 11.2 Å². The summed E-state index contributed by atoms with van der Waals surface area (Å²) in [6.45, 7) is 14.7. The number of piperidine rings is 1. The number of nitrogens with zero attached hydrogens (tertiary/aromatic N) is 1. The number of nitrogens with one attached hydrogen (secondary N) is 1. The van der Waals surface area contributed by atoms with Crippen LogP contribution in [0.25, 0.3) is 0 Å². The minimum atomic E-state index is -0.536. The van der Waals surface area contributed by atoms with E-state index in [0.29, 0.717) is 18.7 Å². The second-order valence-electron chi connectivity index (χ2n) is 10.4. The number of carbonyl (C=O) groups excluding carboxylic acids is 2. The van der Waals surface area contributed by atoms with Gasteiger partial charge in [0.25, 0.3) is 5.91 Å². The molecule has 1 unspecified atom stereocenters. The maximum Gasteiger partial charge on any atom is 0.494 e. The Bertz CT molecular complexity index is 800. The van der Waals surface area contributed by atoms with Crippen LogP contribution in [0.1, 0.15) is 71.7 Å². The van der Waals surface area contributed by atoms with Crippen LogP contribution in [-0.2, 0) is 14.0 Å². The Kier molecular flexibility index (Phi) is 6.45. The quantitative estimate of drug-likeness (QED) is 0.746. The lowest BCUT2D eigenvalue weighted by Crippen LogP contribution is -2.50. The predicted molar refractivity (Wildman–Crippen MR) is 120 cm³/mol. The Balaban J connectivity index is 1.58. The molecule has 0 bridgehead atoms. The molecular weight excluding hydrogens is 395 g/mol. The van der Waals surface area contributed by atoms with E-state index in [4.69, 9.17) is 14.0 Å². The molecule has 2 heterocycles. The second-order valence-corrected chi connectivity index (χ2v) is 10.4. The SMILES string of the molecule is CC(C)(C)OC(=O)N1CCCC(NC(=O)c2ccc(B3OC(C)(C)C(C)(C)O3)cc2)C1. The van der Waals surface area contributed by atoms with Gasteiger partial charge in [-0.1, -0.05) is 12.1 Å². The number of likely N-dealkylation sites (tertiary alicyclic amines) is 1. The summed E-state index contributed by atoms with van der Waals surface area (Å²) < 4.78 is 17.6. The maximum atomic E-state index is 12.7. The van der Waals surface area contributed by atoms with Gasteiger partial charge in [0.1, 0.15) is 5.60 Å². The zero-order valence-corrected chi connectivity index (χ0v) is 19.8. The molecule has 3 rings (SSSR count). The van der Waals surface area contributed by atoms with Gasteiger partial charge in [-0.15, -0.1) is 0 Å². The monoisotopic (exact) mass is 430 g/mol. The minimum absolute atomic E-state index is 0.100. The lowest BCUT2D eigenvalue weighted by atomic mass is 9.79. The molecule has 0 aliphatic carbocycles. The first-order chi connectivity index (χ1) is 14.3. The third kappa shape index (κ3) is 5.60. The van der Waals surface area contributed by atoms with Gasteiger partial charge in [-0.25, -0.2) is 4.79 Å². The Morgan fingerprint density at radius 2 is 1.68 bits per heavy atom. The van der Waals surface area contributed by atoms with Crippen LogP contribution < -0.4 is 10.8 Å². The van der Waals surface area contributed by atoms with E-state index in [0.717, 1.165) is 18.3 Å².